The van der Waals surface area contributed by atoms with Crippen LogP contribution in [0.2, 0.25) is 5.02 Å². The van der Waals surface area contributed by atoms with Gasteiger partial charge in [0.2, 0.25) is 5.91 Å². The summed E-state index contributed by atoms with van der Waals surface area (Å²) in [5.41, 5.74) is 0. The number of rotatable bonds is 7. The second-order valence-corrected chi connectivity index (χ2v) is 6.11. The number of halogens is 1. The Balaban J connectivity index is 1.69. The Kier molecular flexibility index (Phi) is 6.24. The van der Waals surface area contributed by atoms with Gasteiger partial charge in [-0.25, -0.2) is 0 Å². The molecular weight excluding hydrogens is 320 g/mol. The average Bonchev–Trinajstić information content (AvgIpc) is 2.98. The zero-order valence-corrected chi connectivity index (χ0v) is 13.8. The number of amides is 1. The fraction of sp³-hybridized carbons (Fsp3) is 0.500. The molecule has 6 nitrogen and oxygen atoms in total. The summed E-state index contributed by atoms with van der Waals surface area (Å²) in [6.07, 6.45) is 0.603. The van der Waals surface area contributed by atoms with Crippen LogP contribution in [0, 0.1) is 5.92 Å². The van der Waals surface area contributed by atoms with Gasteiger partial charge in [-0.1, -0.05) is 11.6 Å². The topological polar surface area (TPSA) is 70.1 Å². The average molecular weight is 341 g/mol. The van der Waals surface area contributed by atoms with E-state index in [1.807, 2.05) is 4.90 Å². The van der Waals surface area contributed by atoms with Crippen LogP contribution in [0.15, 0.2) is 24.3 Å². The van der Waals surface area contributed by atoms with Crippen molar-refractivity contribution in [2.75, 3.05) is 39.8 Å². The Morgan fingerprint density at radius 2 is 2.09 bits per heavy atom. The van der Waals surface area contributed by atoms with Gasteiger partial charge in [-0.2, -0.15) is 0 Å². The van der Waals surface area contributed by atoms with E-state index in [-0.39, 0.29) is 18.4 Å². The summed E-state index contributed by atoms with van der Waals surface area (Å²) in [7, 11) is 1.72. The lowest BCUT2D eigenvalue weighted by atomic mass is 10.1. The molecule has 0 radical (unpaired) electrons. The number of likely N-dealkylation sites (tertiary alicyclic amines) is 1. The summed E-state index contributed by atoms with van der Waals surface area (Å²) in [5, 5.41) is 9.62. The first-order valence-corrected chi connectivity index (χ1v) is 7.91. The van der Waals surface area contributed by atoms with E-state index in [1.165, 1.54) is 0 Å². The van der Waals surface area contributed by atoms with Gasteiger partial charge in [0.05, 0.1) is 19.0 Å². The quantitative estimate of drug-likeness (QED) is 0.816. The predicted octanol–water partition coefficient (Wildman–Crippen LogP) is 1.58. The number of hydrogen-bond donors (Lipinski definition) is 1. The molecule has 0 saturated carbocycles. The predicted molar refractivity (Wildman–Crippen MR) is 86.8 cm³/mol. The van der Waals surface area contributed by atoms with Crippen LogP contribution in [-0.4, -0.2) is 66.6 Å². The van der Waals surface area contributed by atoms with Crippen molar-refractivity contribution in [3.8, 4) is 5.75 Å². The molecule has 1 heterocycles. The molecule has 0 aliphatic carbocycles. The molecule has 1 saturated heterocycles. The van der Waals surface area contributed by atoms with Gasteiger partial charge in [-0.3, -0.25) is 14.5 Å². The smallest absolute Gasteiger partial charge is 0.307 e. The first-order chi connectivity index (χ1) is 11.0. The van der Waals surface area contributed by atoms with Crippen LogP contribution in [0.25, 0.3) is 0 Å². The summed E-state index contributed by atoms with van der Waals surface area (Å²) in [6, 6.07) is 7.05. The molecule has 7 heteroatoms. The van der Waals surface area contributed by atoms with Crippen LogP contribution < -0.4 is 4.74 Å². The summed E-state index contributed by atoms with van der Waals surface area (Å²) < 4.78 is 5.56. The van der Waals surface area contributed by atoms with Crippen molar-refractivity contribution >= 4 is 23.5 Å². The van der Waals surface area contributed by atoms with Crippen LogP contribution in [0.1, 0.15) is 6.42 Å². The van der Waals surface area contributed by atoms with Crippen LogP contribution in [-0.2, 0) is 9.59 Å². The number of hydrogen-bond acceptors (Lipinski definition) is 4. The lowest BCUT2D eigenvalue weighted by Crippen LogP contribution is -2.39. The molecule has 0 spiro atoms. The van der Waals surface area contributed by atoms with Gasteiger partial charge in [0, 0.05) is 18.6 Å². The van der Waals surface area contributed by atoms with Gasteiger partial charge in [-0.05, 0) is 37.2 Å². The van der Waals surface area contributed by atoms with Crippen molar-refractivity contribution in [3.05, 3.63) is 29.3 Å². The minimum Gasteiger partial charge on any atom is -0.492 e. The number of likely N-dealkylation sites (N-methyl/N-ethyl adjacent to an activating group) is 1. The zero-order chi connectivity index (χ0) is 16.8. The van der Waals surface area contributed by atoms with Gasteiger partial charge < -0.3 is 14.7 Å². The summed E-state index contributed by atoms with van der Waals surface area (Å²) in [5.74, 6) is -0.471. The summed E-state index contributed by atoms with van der Waals surface area (Å²) in [4.78, 5) is 26.5. The zero-order valence-electron chi connectivity index (χ0n) is 13.1. The van der Waals surface area contributed by atoms with Crippen LogP contribution in [0.5, 0.6) is 5.75 Å². The van der Waals surface area contributed by atoms with E-state index in [1.54, 1.807) is 36.2 Å². The number of carboxylic acid groups (broad SMARTS) is 1. The monoisotopic (exact) mass is 340 g/mol. The number of ether oxygens (including phenoxy) is 1. The van der Waals surface area contributed by atoms with Crippen molar-refractivity contribution in [3.63, 3.8) is 0 Å². The highest BCUT2D eigenvalue weighted by molar-refractivity contribution is 6.30. The van der Waals surface area contributed by atoms with Crippen molar-refractivity contribution in [2.24, 2.45) is 5.92 Å². The highest BCUT2D eigenvalue weighted by Crippen LogP contribution is 2.16. The number of carbonyl (C=O) groups excluding carboxylic acids is 1. The molecule has 1 amide bonds. The van der Waals surface area contributed by atoms with Crippen molar-refractivity contribution < 1.29 is 19.4 Å². The van der Waals surface area contributed by atoms with E-state index in [2.05, 4.69) is 0 Å². The largest absolute Gasteiger partial charge is 0.492 e. The Hall–Kier alpha value is -1.79. The van der Waals surface area contributed by atoms with Crippen molar-refractivity contribution in [1.82, 2.24) is 9.80 Å². The van der Waals surface area contributed by atoms with E-state index < -0.39 is 5.97 Å². The van der Waals surface area contributed by atoms with E-state index in [9.17, 15) is 9.59 Å². The minimum absolute atomic E-state index is 0.0317. The fourth-order valence-electron chi connectivity index (χ4n) is 2.45. The molecular formula is C16H21ClN2O4. The molecule has 1 aliphatic heterocycles. The summed E-state index contributed by atoms with van der Waals surface area (Å²) in [6.45, 7) is 2.20. The van der Waals surface area contributed by atoms with E-state index in [0.29, 0.717) is 43.4 Å². The Morgan fingerprint density at radius 3 is 2.70 bits per heavy atom. The third-order valence-corrected chi connectivity index (χ3v) is 4.17. The molecule has 2 rings (SSSR count). The lowest BCUT2D eigenvalue weighted by Gasteiger charge is -2.21. The van der Waals surface area contributed by atoms with E-state index in [4.69, 9.17) is 21.4 Å². The van der Waals surface area contributed by atoms with Crippen LogP contribution in [0.3, 0.4) is 0 Å². The second kappa shape index (κ2) is 8.17. The Morgan fingerprint density at radius 1 is 1.39 bits per heavy atom. The third kappa shape index (κ3) is 5.41. The molecule has 1 fully saturated rings. The van der Waals surface area contributed by atoms with Crippen LogP contribution in [0.4, 0.5) is 0 Å². The molecule has 126 valence electrons. The highest BCUT2D eigenvalue weighted by atomic mass is 35.5. The second-order valence-electron chi connectivity index (χ2n) is 5.68. The standard InChI is InChI=1S/C16H21ClN2O4/c1-18(8-9-23-14-4-2-13(17)3-5-14)15(20)11-19-7-6-12(10-19)16(21)22/h2-5,12H,6-11H2,1H3,(H,21,22). The molecule has 1 aromatic carbocycles. The molecule has 23 heavy (non-hydrogen) atoms. The Bertz CT molecular complexity index is 550. The van der Waals surface area contributed by atoms with Gasteiger partial charge in [0.1, 0.15) is 12.4 Å². The SMILES string of the molecule is CN(CCOc1ccc(Cl)cc1)C(=O)CN1CCC(C(=O)O)C1. The Labute approximate surface area is 140 Å². The maximum Gasteiger partial charge on any atom is 0.307 e. The minimum atomic E-state index is -0.787. The molecule has 1 atom stereocenters. The summed E-state index contributed by atoms with van der Waals surface area (Å²) >= 11 is 5.80. The first-order valence-electron chi connectivity index (χ1n) is 7.53. The van der Waals surface area contributed by atoms with Crippen molar-refractivity contribution in [2.45, 2.75) is 6.42 Å². The third-order valence-electron chi connectivity index (χ3n) is 3.92. The number of nitrogens with zero attached hydrogens (tertiary/aromatic N) is 2. The number of carboxylic acids is 1. The first kappa shape index (κ1) is 17.6. The normalized spacial score (nSPS) is 17.9. The maximum atomic E-state index is 12.1. The maximum absolute atomic E-state index is 12.1. The molecule has 1 aromatic rings. The lowest BCUT2D eigenvalue weighted by molar-refractivity contribution is -0.141. The van der Waals surface area contributed by atoms with E-state index >= 15 is 0 Å². The molecule has 1 N–H and O–H groups in total. The van der Waals surface area contributed by atoms with Gasteiger partial charge in [0.15, 0.2) is 0 Å². The number of aliphatic carboxylic acids is 1. The molecule has 0 bridgehead atoms. The van der Waals surface area contributed by atoms with Gasteiger partial charge in [-0.15, -0.1) is 0 Å². The highest BCUT2D eigenvalue weighted by Gasteiger charge is 2.29. The van der Waals surface area contributed by atoms with Crippen molar-refractivity contribution in [1.29, 1.82) is 0 Å². The number of benzene rings is 1. The van der Waals surface area contributed by atoms with E-state index in [0.717, 1.165) is 0 Å². The van der Waals surface area contributed by atoms with Gasteiger partial charge in [0.25, 0.3) is 0 Å². The fourth-order valence-corrected chi connectivity index (χ4v) is 2.57. The number of carbonyl (C=O) groups is 2. The molecule has 0 aromatic heterocycles. The molecule has 1 unspecified atom stereocenters. The van der Waals surface area contributed by atoms with Crippen LogP contribution >= 0.6 is 11.6 Å². The molecule has 1 aliphatic rings. The van der Waals surface area contributed by atoms with Gasteiger partial charge >= 0.3 is 5.97 Å².